The van der Waals surface area contributed by atoms with Crippen LogP contribution in [0.4, 0.5) is 17.1 Å². The van der Waals surface area contributed by atoms with Gasteiger partial charge in [0.25, 0.3) is 11.6 Å². The molecular weight excluding hydrogens is 482 g/mol. The first-order chi connectivity index (χ1) is 16.2. The van der Waals surface area contributed by atoms with Gasteiger partial charge in [-0.3, -0.25) is 45.6 Å². The van der Waals surface area contributed by atoms with Gasteiger partial charge in [-0.2, -0.15) is 0 Å². The van der Waals surface area contributed by atoms with Crippen LogP contribution < -0.4 is 10.9 Å². The molecule has 34 heavy (non-hydrogen) atoms. The van der Waals surface area contributed by atoms with E-state index in [-0.39, 0.29) is 24.6 Å². The van der Waals surface area contributed by atoms with Crippen LogP contribution in [-0.2, 0) is 9.59 Å². The molecule has 0 bridgehead atoms. The van der Waals surface area contributed by atoms with Gasteiger partial charge in [0, 0.05) is 19.0 Å². The van der Waals surface area contributed by atoms with Crippen molar-refractivity contribution in [3.05, 3.63) is 78.7 Å². The van der Waals surface area contributed by atoms with Crippen LogP contribution in [0.5, 0.6) is 0 Å². The number of hydrazine groups is 1. The lowest BCUT2D eigenvalue weighted by Gasteiger charge is -2.14. The topological polar surface area (TPSA) is 148 Å². The lowest BCUT2D eigenvalue weighted by molar-refractivity contribution is -0.393. The first kappa shape index (κ1) is 24.8. The normalized spacial score (nSPS) is 14.4. The maximum atomic E-state index is 12.7. The van der Waals surface area contributed by atoms with Gasteiger partial charge in [0.2, 0.25) is 5.91 Å². The van der Waals surface area contributed by atoms with Crippen molar-refractivity contribution >= 4 is 63.3 Å². The summed E-state index contributed by atoms with van der Waals surface area (Å²) in [6.07, 6.45) is 2.09. The Hall–Kier alpha value is -3.84. The van der Waals surface area contributed by atoms with E-state index in [9.17, 15) is 29.8 Å². The number of anilines is 1. The first-order valence-electron chi connectivity index (χ1n) is 9.95. The standard InChI is InChI=1S/C21H19N5O6S2/c1-13-4-6-14(7-5-13)11-18-20(28)24(21(33)34-18)10-2-3-19(27)23-22-16-9-8-15(25(29)30)12-17(16)26(31)32/h4-9,11-12,22H,2-3,10H2,1H3,(H,23,27). The number of nitro groups is 2. The minimum absolute atomic E-state index is 0.0157. The highest BCUT2D eigenvalue weighted by atomic mass is 32.2. The van der Waals surface area contributed by atoms with Gasteiger partial charge in [-0.25, -0.2) is 0 Å². The Balaban J connectivity index is 1.52. The third-order valence-corrected chi connectivity index (χ3v) is 6.14. The molecule has 1 heterocycles. The number of nitro benzene ring substituents is 2. The van der Waals surface area contributed by atoms with Crippen LogP contribution in [0.25, 0.3) is 6.08 Å². The highest BCUT2D eigenvalue weighted by Crippen LogP contribution is 2.33. The van der Waals surface area contributed by atoms with Crippen molar-refractivity contribution in [2.75, 3.05) is 12.0 Å². The molecule has 176 valence electrons. The Morgan fingerprint density at radius 1 is 1.15 bits per heavy atom. The zero-order valence-corrected chi connectivity index (χ0v) is 19.5. The van der Waals surface area contributed by atoms with Crippen molar-refractivity contribution in [3.8, 4) is 0 Å². The van der Waals surface area contributed by atoms with E-state index in [1.807, 2.05) is 31.2 Å². The summed E-state index contributed by atoms with van der Waals surface area (Å²) in [6, 6.07) is 10.7. The summed E-state index contributed by atoms with van der Waals surface area (Å²) in [5.74, 6) is -0.705. The molecule has 2 aromatic carbocycles. The molecule has 0 saturated carbocycles. The third kappa shape index (κ3) is 6.14. The van der Waals surface area contributed by atoms with E-state index in [1.165, 1.54) is 16.7 Å². The Morgan fingerprint density at radius 3 is 2.50 bits per heavy atom. The zero-order valence-electron chi connectivity index (χ0n) is 17.8. The summed E-state index contributed by atoms with van der Waals surface area (Å²) in [7, 11) is 0. The molecule has 3 rings (SSSR count). The van der Waals surface area contributed by atoms with Crippen LogP contribution >= 0.6 is 24.0 Å². The number of amides is 2. The molecule has 2 amide bonds. The SMILES string of the molecule is Cc1ccc(C=C2SC(=S)N(CCCC(=O)NNc3ccc([N+](=O)[O-])cc3[N+](=O)[O-])C2=O)cc1. The lowest BCUT2D eigenvalue weighted by Crippen LogP contribution is -2.32. The Bertz CT molecular complexity index is 1200. The van der Waals surface area contributed by atoms with Gasteiger partial charge in [0.1, 0.15) is 10.0 Å². The van der Waals surface area contributed by atoms with Gasteiger partial charge >= 0.3 is 5.69 Å². The van der Waals surface area contributed by atoms with Crippen molar-refractivity contribution in [1.82, 2.24) is 10.3 Å². The van der Waals surface area contributed by atoms with Crippen LogP contribution in [0.2, 0.25) is 0 Å². The van der Waals surface area contributed by atoms with E-state index in [4.69, 9.17) is 12.2 Å². The van der Waals surface area contributed by atoms with Crippen molar-refractivity contribution in [3.63, 3.8) is 0 Å². The first-order valence-corrected chi connectivity index (χ1v) is 11.2. The molecule has 0 atom stereocenters. The van der Waals surface area contributed by atoms with Gasteiger partial charge in [0.05, 0.1) is 20.8 Å². The molecule has 13 heteroatoms. The highest BCUT2D eigenvalue weighted by molar-refractivity contribution is 8.26. The number of carbonyl (C=O) groups excluding carboxylic acids is 2. The number of nitrogens with zero attached hydrogens (tertiary/aromatic N) is 3. The number of benzene rings is 2. The Labute approximate surface area is 203 Å². The van der Waals surface area contributed by atoms with Gasteiger partial charge in [-0.15, -0.1) is 0 Å². The van der Waals surface area contributed by atoms with Gasteiger partial charge in [-0.05, 0) is 31.1 Å². The maximum absolute atomic E-state index is 12.7. The fraction of sp³-hybridized carbons (Fsp3) is 0.190. The summed E-state index contributed by atoms with van der Waals surface area (Å²) in [6.45, 7) is 2.21. The summed E-state index contributed by atoms with van der Waals surface area (Å²) in [4.78, 5) is 47.2. The second-order valence-electron chi connectivity index (χ2n) is 7.24. The number of rotatable bonds is 9. The number of carbonyl (C=O) groups is 2. The molecule has 0 spiro atoms. The second-order valence-corrected chi connectivity index (χ2v) is 8.91. The number of hydrogen-bond donors (Lipinski definition) is 2. The van der Waals surface area contributed by atoms with Crippen molar-refractivity contribution < 1.29 is 19.4 Å². The molecule has 2 N–H and O–H groups in total. The van der Waals surface area contributed by atoms with Crippen molar-refractivity contribution in [1.29, 1.82) is 0 Å². The van der Waals surface area contributed by atoms with E-state index in [2.05, 4.69) is 10.9 Å². The number of thioether (sulfide) groups is 1. The predicted octanol–water partition coefficient (Wildman–Crippen LogP) is 3.94. The van der Waals surface area contributed by atoms with Gasteiger partial charge in [0.15, 0.2) is 0 Å². The minimum atomic E-state index is -0.791. The second kappa shape index (κ2) is 10.9. The monoisotopic (exact) mass is 501 g/mol. The van der Waals surface area contributed by atoms with Crippen LogP contribution in [0.15, 0.2) is 47.4 Å². The molecule has 1 saturated heterocycles. The number of aryl methyl sites for hydroxylation is 1. The van der Waals surface area contributed by atoms with E-state index < -0.39 is 27.1 Å². The van der Waals surface area contributed by atoms with Crippen molar-refractivity contribution in [2.45, 2.75) is 19.8 Å². The molecule has 2 aromatic rings. The summed E-state index contributed by atoms with van der Waals surface area (Å²) in [5, 5.41) is 22.0. The predicted molar refractivity (Wildman–Crippen MR) is 132 cm³/mol. The van der Waals surface area contributed by atoms with Crippen LogP contribution in [-0.4, -0.2) is 37.4 Å². The maximum Gasteiger partial charge on any atom is 0.300 e. The summed E-state index contributed by atoms with van der Waals surface area (Å²) in [5.41, 5.74) is 5.64. The summed E-state index contributed by atoms with van der Waals surface area (Å²) < 4.78 is 0.406. The van der Waals surface area contributed by atoms with Crippen LogP contribution in [0.1, 0.15) is 24.0 Å². The van der Waals surface area contributed by atoms with Crippen molar-refractivity contribution in [2.24, 2.45) is 0 Å². The van der Waals surface area contributed by atoms with E-state index in [0.717, 1.165) is 29.3 Å². The molecule has 0 radical (unpaired) electrons. The minimum Gasteiger partial charge on any atom is -0.293 e. The molecule has 0 unspecified atom stereocenters. The quantitative estimate of drug-likeness (QED) is 0.226. The average molecular weight is 502 g/mol. The van der Waals surface area contributed by atoms with E-state index >= 15 is 0 Å². The molecular formula is C21H19N5O6S2. The third-order valence-electron chi connectivity index (χ3n) is 4.76. The van der Waals surface area contributed by atoms with Gasteiger partial charge in [-0.1, -0.05) is 53.8 Å². The van der Waals surface area contributed by atoms with E-state index in [0.29, 0.717) is 15.6 Å². The van der Waals surface area contributed by atoms with Crippen LogP contribution in [0.3, 0.4) is 0 Å². The number of non-ortho nitro benzene ring substituents is 1. The lowest BCUT2D eigenvalue weighted by atomic mass is 10.1. The molecule has 11 nitrogen and oxygen atoms in total. The molecule has 1 aliphatic rings. The van der Waals surface area contributed by atoms with Crippen LogP contribution in [0, 0.1) is 27.2 Å². The summed E-state index contributed by atoms with van der Waals surface area (Å²) >= 11 is 6.49. The fourth-order valence-corrected chi connectivity index (χ4v) is 4.30. The van der Waals surface area contributed by atoms with E-state index in [1.54, 1.807) is 6.08 Å². The average Bonchev–Trinajstić information content (AvgIpc) is 3.06. The Kier molecular flexibility index (Phi) is 7.91. The number of hydrogen-bond acceptors (Lipinski definition) is 9. The highest BCUT2D eigenvalue weighted by Gasteiger charge is 2.31. The largest absolute Gasteiger partial charge is 0.300 e. The molecule has 0 aliphatic carbocycles. The van der Waals surface area contributed by atoms with Gasteiger partial charge < -0.3 is 0 Å². The number of nitrogens with one attached hydrogen (secondary N) is 2. The smallest absolute Gasteiger partial charge is 0.293 e. The Morgan fingerprint density at radius 2 is 1.85 bits per heavy atom. The number of thiocarbonyl (C=S) groups is 1. The zero-order chi connectivity index (χ0) is 24.8. The molecule has 1 aliphatic heterocycles. The molecule has 0 aromatic heterocycles. The fourth-order valence-electron chi connectivity index (χ4n) is 2.99. The molecule has 1 fully saturated rings.